The van der Waals surface area contributed by atoms with Crippen LogP contribution in [-0.4, -0.2) is 69.7 Å². The van der Waals surface area contributed by atoms with E-state index < -0.39 is 59.7 Å². The fraction of sp³-hybridized carbons (Fsp3) is 0.346. The molecule has 2 aliphatic carbocycles. The van der Waals surface area contributed by atoms with Crippen LogP contribution < -0.4 is 0 Å². The summed E-state index contributed by atoms with van der Waals surface area (Å²) in [4.78, 5) is 39.5. The third-order valence-corrected chi connectivity index (χ3v) is 6.87. The number of aromatic hydroxyl groups is 2. The summed E-state index contributed by atoms with van der Waals surface area (Å²) in [5, 5.41) is 42.6. The van der Waals surface area contributed by atoms with Gasteiger partial charge in [-0.05, 0) is 37.1 Å². The van der Waals surface area contributed by atoms with Crippen LogP contribution in [0.3, 0.4) is 0 Å². The quantitative estimate of drug-likeness (QED) is 0.463. The molecule has 1 aliphatic heterocycles. The van der Waals surface area contributed by atoms with Crippen molar-refractivity contribution >= 4 is 23.1 Å². The third kappa shape index (κ3) is 3.61. The van der Waals surface area contributed by atoms with Crippen molar-refractivity contribution in [2.75, 3.05) is 7.11 Å². The Kier molecular flexibility index (Phi) is 5.92. The van der Waals surface area contributed by atoms with Gasteiger partial charge in [-0.15, -0.1) is 0 Å². The standard InChI is InChI=1S/C26H24O10/c1-10-14(27)6-7-17(35-10)36-25-21-20(22(30)12-4-3-5-15(28)19(12)24(21)32)18-13(23(25)31)8-11(9-16(18)29)26(33)34-2/h3-5,8-10,14,17,23,25,27-29,31H,6-7H2,1-2H3/t10?,14-,17-,23-,25-/m0/s1. The van der Waals surface area contributed by atoms with Gasteiger partial charge < -0.3 is 34.6 Å². The molecule has 5 rings (SSSR count). The van der Waals surface area contributed by atoms with Gasteiger partial charge >= 0.3 is 5.97 Å². The van der Waals surface area contributed by atoms with E-state index in [1.165, 1.54) is 24.3 Å². The van der Waals surface area contributed by atoms with Crippen LogP contribution in [0.5, 0.6) is 11.5 Å². The second-order valence-corrected chi connectivity index (χ2v) is 9.01. The Balaban J connectivity index is 1.71. The molecule has 3 aliphatic rings. The first-order chi connectivity index (χ1) is 17.1. The first kappa shape index (κ1) is 24.1. The number of hydrogen-bond donors (Lipinski definition) is 4. The lowest BCUT2D eigenvalue weighted by Crippen LogP contribution is -2.44. The Morgan fingerprint density at radius 3 is 2.47 bits per heavy atom. The molecule has 5 atom stereocenters. The minimum atomic E-state index is -1.59. The normalized spacial score (nSPS) is 27.3. The molecule has 4 N–H and O–H groups in total. The van der Waals surface area contributed by atoms with Crippen molar-refractivity contribution in [3.05, 3.63) is 63.7 Å². The summed E-state index contributed by atoms with van der Waals surface area (Å²) in [5.74, 6) is -3.10. The molecule has 0 amide bonds. The Morgan fingerprint density at radius 1 is 1.03 bits per heavy atom. The zero-order valence-electron chi connectivity index (χ0n) is 19.4. The number of ether oxygens (including phenoxy) is 3. The molecule has 0 aromatic heterocycles. The van der Waals surface area contributed by atoms with Crippen LogP contribution in [0, 0.1) is 0 Å². The van der Waals surface area contributed by atoms with Crippen LogP contribution in [0.1, 0.15) is 68.1 Å². The molecule has 1 unspecified atom stereocenters. The molecule has 0 spiro atoms. The van der Waals surface area contributed by atoms with Gasteiger partial charge in [-0.1, -0.05) is 12.1 Å². The van der Waals surface area contributed by atoms with Gasteiger partial charge in [0.05, 0.1) is 30.4 Å². The molecule has 0 bridgehead atoms. The van der Waals surface area contributed by atoms with E-state index in [1.807, 2.05) is 0 Å². The Morgan fingerprint density at radius 2 is 1.78 bits per heavy atom. The highest BCUT2D eigenvalue weighted by atomic mass is 16.7. The molecule has 1 saturated heterocycles. The monoisotopic (exact) mass is 496 g/mol. The largest absolute Gasteiger partial charge is 0.507 e. The first-order valence-electron chi connectivity index (χ1n) is 11.4. The van der Waals surface area contributed by atoms with Crippen molar-refractivity contribution in [2.24, 2.45) is 0 Å². The number of ketones is 2. The van der Waals surface area contributed by atoms with Crippen LogP contribution in [0.2, 0.25) is 0 Å². The number of phenolic OH excluding ortho intramolecular Hbond substituents is 2. The van der Waals surface area contributed by atoms with Gasteiger partial charge in [0.1, 0.15) is 23.7 Å². The number of phenols is 2. The van der Waals surface area contributed by atoms with Gasteiger partial charge in [0.25, 0.3) is 0 Å². The summed E-state index contributed by atoms with van der Waals surface area (Å²) in [6, 6.07) is 6.43. The number of carbonyl (C=O) groups is 3. The summed E-state index contributed by atoms with van der Waals surface area (Å²) < 4.78 is 16.5. The number of carbonyl (C=O) groups excluding carboxylic acids is 3. The molecule has 1 heterocycles. The predicted octanol–water partition coefficient (Wildman–Crippen LogP) is 2.04. The van der Waals surface area contributed by atoms with Crippen molar-refractivity contribution in [3.63, 3.8) is 0 Å². The summed E-state index contributed by atoms with van der Waals surface area (Å²) in [6.45, 7) is 1.65. The molecule has 2 aromatic carbocycles. The molecule has 2 aromatic rings. The maximum atomic E-state index is 13.7. The molecule has 1 fully saturated rings. The fourth-order valence-electron chi connectivity index (χ4n) is 5.05. The van der Waals surface area contributed by atoms with Crippen LogP contribution in [0.25, 0.3) is 5.57 Å². The van der Waals surface area contributed by atoms with Gasteiger partial charge in [0.2, 0.25) is 0 Å². The highest BCUT2D eigenvalue weighted by molar-refractivity contribution is 6.42. The number of rotatable bonds is 3. The summed E-state index contributed by atoms with van der Waals surface area (Å²) in [5.41, 5.74) is -0.919. The Labute approximate surface area is 205 Å². The summed E-state index contributed by atoms with van der Waals surface area (Å²) in [6.07, 6.45) is -4.64. The maximum Gasteiger partial charge on any atom is 0.337 e. The molecule has 188 valence electrons. The zero-order valence-corrected chi connectivity index (χ0v) is 19.4. The molecule has 0 radical (unpaired) electrons. The minimum absolute atomic E-state index is 0.00667. The summed E-state index contributed by atoms with van der Waals surface area (Å²) >= 11 is 0. The molecule has 0 saturated carbocycles. The number of Topliss-reactive ketones (excluding diaryl/α,β-unsaturated/α-hetero) is 2. The Hall–Kier alpha value is -3.57. The van der Waals surface area contributed by atoms with Crippen LogP contribution in [0.4, 0.5) is 0 Å². The number of fused-ring (bicyclic) bond motifs is 3. The first-order valence-corrected chi connectivity index (χ1v) is 11.4. The van der Waals surface area contributed by atoms with Gasteiger partial charge in [-0.2, -0.15) is 0 Å². The highest BCUT2D eigenvalue weighted by Crippen LogP contribution is 2.49. The van der Waals surface area contributed by atoms with E-state index in [9.17, 15) is 34.8 Å². The van der Waals surface area contributed by atoms with Crippen LogP contribution >= 0.6 is 0 Å². The molecule has 10 nitrogen and oxygen atoms in total. The van der Waals surface area contributed by atoms with Crippen molar-refractivity contribution in [1.82, 2.24) is 0 Å². The molecular formula is C26H24O10. The van der Waals surface area contributed by atoms with Gasteiger partial charge in [-0.25, -0.2) is 4.79 Å². The van der Waals surface area contributed by atoms with Crippen molar-refractivity contribution in [3.8, 4) is 11.5 Å². The van der Waals surface area contributed by atoms with Crippen molar-refractivity contribution in [1.29, 1.82) is 0 Å². The minimum Gasteiger partial charge on any atom is -0.507 e. The van der Waals surface area contributed by atoms with Crippen molar-refractivity contribution in [2.45, 2.75) is 50.5 Å². The van der Waals surface area contributed by atoms with Gasteiger partial charge in [0.15, 0.2) is 17.9 Å². The van der Waals surface area contributed by atoms with E-state index in [2.05, 4.69) is 0 Å². The second-order valence-electron chi connectivity index (χ2n) is 9.01. The van der Waals surface area contributed by atoms with Gasteiger partial charge in [0, 0.05) is 28.7 Å². The lowest BCUT2D eigenvalue weighted by molar-refractivity contribution is -0.240. The Bertz CT molecular complexity index is 1330. The predicted molar refractivity (Wildman–Crippen MR) is 123 cm³/mol. The lowest BCUT2D eigenvalue weighted by atomic mass is 9.71. The van der Waals surface area contributed by atoms with E-state index in [1.54, 1.807) is 6.92 Å². The topological polar surface area (TPSA) is 160 Å². The summed E-state index contributed by atoms with van der Waals surface area (Å²) in [7, 11) is 1.16. The number of methoxy groups -OCH3 is 1. The van der Waals surface area contributed by atoms with E-state index in [0.29, 0.717) is 6.42 Å². The SMILES string of the molecule is COC(=O)c1cc(O)c2c(c1)[C@H](O)[C@@H](O[C@H]1CC[C@H](O)C(C)O1)C1=C2C(=O)c2cccc(O)c2C1=O. The molecule has 10 heteroatoms. The number of esters is 1. The van der Waals surface area contributed by atoms with Gasteiger partial charge in [-0.3, -0.25) is 9.59 Å². The highest BCUT2D eigenvalue weighted by Gasteiger charge is 2.48. The smallest absolute Gasteiger partial charge is 0.337 e. The third-order valence-electron chi connectivity index (χ3n) is 6.87. The molecular weight excluding hydrogens is 472 g/mol. The van der Waals surface area contributed by atoms with E-state index in [0.717, 1.165) is 13.2 Å². The number of allylic oxidation sites excluding steroid dienone is 1. The number of benzene rings is 2. The zero-order chi connectivity index (χ0) is 25.9. The van der Waals surface area contributed by atoms with E-state index >= 15 is 0 Å². The van der Waals surface area contributed by atoms with Crippen LogP contribution in [0.15, 0.2) is 35.9 Å². The average Bonchev–Trinajstić information content (AvgIpc) is 2.85. The average molecular weight is 496 g/mol. The molecule has 36 heavy (non-hydrogen) atoms. The number of hydrogen-bond acceptors (Lipinski definition) is 10. The maximum absolute atomic E-state index is 13.7. The van der Waals surface area contributed by atoms with Crippen molar-refractivity contribution < 1.29 is 49.0 Å². The van der Waals surface area contributed by atoms with E-state index in [-0.39, 0.29) is 45.4 Å². The lowest BCUT2D eigenvalue weighted by Gasteiger charge is -2.39. The van der Waals surface area contributed by atoms with Crippen LogP contribution in [-0.2, 0) is 14.2 Å². The number of aliphatic hydroxyl groups excluding tert-OH is 2. The number of aliphatic hydroxyl groups is 2. The fourth-order valence-corrected chi connectivity index (χ4v) is 5.05. The second kappa shape index (κ2) is 8.82. The van der Waals surface area contributed by atoms with E-state index in [4.69, 9.17) is 14.2 Å².